The Hall–Kier alpha value is -2.43. The van der Waals surface area contributed by atoms with Crippen LogP contribution >= 0.6 is 0 Å². The van der Waals surface area contributed by atoms with E-state index in [0.29, 0.717) is 5.69 Å². The third-order valence-electron chi connectivity index (χ3n) is 5.45. The first-order valence-corrected chi connectivity index (χ1v) is 7.32. The Bertz CT molecular complexity index is 753. The van der Waals surface area contributed by atoms with E-state index in [-0.39, 0.29) is 35.1 Å². The molecular formula is C17H14NO4-. The second kappa shape index (κ2) is 4.06. The number of benzene rings is 1. The van der Waals surface area contributed by atoms with Gasteiger partial charge in [0.15, 0.2) is 0 Å². The molecule has 2 aliphatic carbocycles. The fourth-order valence-electron chi connectivity index (χ4n) is 4.32. The third kappa shape index (κ3) is 1.41. The number of nitrogens with zero attached hydrogens (tertiary/aromatic N) is 1. The minimum Gasteiger partial charge on any atom is -0.545 e. The molecule has 1 saturated carbocycles. The summed E-state index contributed by atoms with van der Waals surface area (Å²) in [6.45, 7) is 1.86. The molecule has 0 unspecified atom stereocenters. The van der Waals surface area contributed by atoms with Crippen LogP contribution in [0.1, 0.15) is 23.7 Å². The van der Waals surface area contributed by atoms with Gasteiger partial charge >= 0.3 is 0 Å². The van der Waals surface area contributed by atoms with Gasteiger partial charge < -0.3 is 9.90 Å². The predicted octanol–water partition coefficient (Wildman–Crippen LogP) is 0.752. The van der Waals surface area contributed by atoms with E-state index >= 15 is 0 Å². The Kier molecular flexibility index (Phi) is 2.45. The molecule has 1 aromatic carbocycles. The Labute approximate surface area is 127 Å². The summed E-state index contributed by atoms with van der Waals surface area (Å²) in [7, 11) is 0. The van der Waals surface area contributed by atoms with Crippen LogP contribution in [0.2, 0.25) is 0 Å². The van der Waals surface area contributed by atoms with Gasteiger partial charge in [-0.25, -0.2) is 4.90 Å². The molecule has 0 spiro atoms. The molecule has 0 radical (unpaired) electrons. The van der Waals surface area contributed by atoms with Crippen LogP contribution in [-0.2, 0) is 9.59 Å². The van der Waals surface area contributed by atoms with Gasteiger partial charge in [0.25, 0.3) is 0 Å². The van der Waals surface area contributed by atoms with Gasteiger partial charge in [-0.1, -0.05) is 24.3 Å². The second-order valence-electron chi connectivity index (χ2n) is 6.47. The number of rotatable bonds is 2. The van der Waals surface area contributed by atoms with Gasteiger partial charge in [0.1, 0.15) is 0 Å². The second-order valence-corrected chi connectivity index (χ2v) is 6.47. The van der Waals surface area contributed by atoms with Gasteiger partial charge in [-0.2, -0.15) is 0 Å². The number of aromatic carboxylic acids is 1. The standard InChI is InChI=1S/C17H15NO4/c1-17-11-6-5-9(7-11)13(17)14(19)18(16(17)22)12-4-2-3-10(8-12)15(20)21/h2-6,8-9,11,13H,7H2,1H3,(H,20,21)/p-1/t9-,11+,13+,17+/m1/s1. The zero-order valence-electron chi connectivity index (χ0n) is 12.0. The highest BCUT2D eigenvalue weighted by Gasteiger charge is 2.67. The van der Waals surface area contributed by atoms with Crippen LogP contribution in [0.5, 0.6) is 0 Å². The number of allylic oxidation sites excluding steroid dienone is 2. The molecule has 4 atom stereocenters. The Balaban J connectivity index is 1.79. The number of carboxylic acids is 1. The number of carbonyl (C=O) groups excluding carboxylic acids is 3. The number of hydrogen-bond acceptors (Lipinski definition) is 4. The first-order valence-electron chi connectivity index (χ1n) is 7.32. The van der Waals surface area contributed by atoms with E-state index in [1.807, 2.05) is 19.1 Å². The van der Waals surface area contributed by atoms with Crippen molar-refractivity contribution in [3.05, 3.63) is 42.0 Å². The van der Waals surface area contributed by atoms with Crippen molar-refractivity contribution in [3.63, 3.8) is 0 Å². The summed E-state index contributed by atoms with van der Waals surface area (Å²) >= 11 is 0. The van der Waals surface area contributed by atoms with Crippen molar-refractivity contribution < 1.29 is 19.5 Å². The minimum atomic E-state index is -1.32. The summed E-state index contributed by atoms with van der Waals surface area (Å²) in [5.74, 6) is -1.90. The quantitative estimate of drug-likeness (QED) is 0.596. The minimum absolute atomic E-state index is 0.0404. The van der Waals surface area contributed by atoms with E-state index in [1.54, 1.807) is 6.07 Å². The number of carboxylic acid groups (broad SMARTS) is 1. The topological polar surface area (TPSA) is 77.5 Å². The molecule has 3 aliphatic rings. The molecule has 4 rings (SSSR count). The van der Waals surface area contributed by atoms with Crippen molar-refractivity contribution in [2.24, 2.45) is 23.2 Å². The molecule has 2 fully saturated rings. The molecule has 1 heterocycles. The van der Waals surface area contributed by atoms with Gasteiger partial charge in [-0.15, -0.1) is 0 Å². The number of fused-ring (bicyclic) bond motifs is 5. The number of amides is 2. The lowest BCUT2D eigenvalue weighted by atomic mass is 9.71. The van der Waals surface area contributed by atoms with Crippen molar-refractivity contribution in [1.82, 2.24) is 0 Å². The van der Waals surface area contributed by atoms with Crippen LogP contribution in [0.15, 0.2) is 36.4 Å². The van der Waals surface area contributed by atoms with Crippen molar-refractivity contribution >= 4 is 23.5 Å². The number of hydrogen-bond donors (Lipinski definition) is 0. The van der Waals surface area contributed by atoms with Crippen molar-refractivity contribution in [2.45, 2.75) is 13.3 Å². The average Bonchev–Trinajstić information content (AvgIpc) is 3.12. The monoisotopic (exact) mass is 296 g/mol. The highest BCUT2D eigenvalue weighted by atomic mass is 16.4. The van der Waals surface area contributed by atoms with E-state index in [4.69, 9.17) is 0 Å². The average molecular weight is 296 g/mol. The maximum absolute atomic E-state index is 12.9. The zero-order chi connectivity index (χ0) is 15.6. The summed E-state index contributed by atoms with van der Waals surface area (Å²) < 4.78 is 0. The highest BCUT2D eigenvalue weighted by Crippen LogP contribution is 2.60. The van der Waals surface area contributed by atoms with Crippen LogP contribution in [0.25, 0.3) is 0 Å². The molecule has 22 heavy (non-hydrogen) atoms. The van der Waals surface area contributed by atoms with Gasteiger partial charge in [0.05, 0.1) is 23.0 Å². The van der Waals surface area contributed by atoms with Crippen LogP contribution in [0, 0.1) is 23.2 Å². The Morgan fingerprint density at radius 2 is 2.09 bits per heavy atom. The van der Waals surface area contributed by atoms with E-state index in [2.05, 4.69) is 0 Å². The molecule has 1 saturated heterocycles. The lowest BCUT2D eigenvalue weighted by Gasteiger charge is -2.28. The third-order valence-corrected chi connectivity index (χ3v) is 5.45. The van der Waals surface area contributed by atoms with Crippen LogP contribution < -0.4 is 10.0 Å². The van der Waals surface area contributed by atoms with Crippen LogP contribution in [0.4, 0.5) is 5.69 Å². The molecule has 0 N–H and O–H groups in total. The molecule has 0 aromatic heterocycles. The molecule has 1 aromatic rings. The largest absolute Gasteiger partial charge is 0.545 e. The molecule has 5 heteroatoms. The molecule has 2 amide bonds. The highest BCUT2D eigenvalue weighted by molar-refractivity contribution is 6.24. The Morgan fingerprint density at radius 1 is 1.32 bits per heavy atom. The van der Waals surface area contributed by atoms with E-state index in [1.165, 1.54) is 18.2 Å². The smallest absolute Gasteiger partial charge is 0.241 e. The zero-order valence-corrected chi connectivity index (χ0v) is 12.0. The summed E-state index contributed by atoms with van der Waals surface area (Å²) in [5, 5.41) is 11.0. The summed E-state index contributed by atoms with van der Waals surface area (Å²) in [6.07, 6.45) is 4.92. The van der Waals surface area contributed by atoms with Gasteiger partial charge in [0.2, 0.25) is 11.8 Å². The summed E-state index contributed by atoms with van der Waals surface area (Å²) in [6, 6.07) is 5.81. The van der Waals surface area contributed by atoms with E-state index in [0.717, 1.165) is 11.3 Å². The van der Waals surface area contributed by atoms with Gasteiger partial charge in [0, 0.05) is 0 Å². The maximum Gasteiger partial charge on any atom is 0.241 e. The predicted molar refractivity (Wildman–Crippen MR) is 75.6 cm³/mol. The fraction of sp³-hybridized carbons (Fsp3) is 0.353. The van der Waals surface area contributed by atoms with Gasteiger partial charge in [-0.05, 0) is 42.9 Å². The molecule has 112 valence electrons. The van der Waals surface area contributed by atoms with Crippen LogP contribution in [-0.4, -0.2) is 17.8 Å². The summed E-state index contributed by atoms with van der Waals surface area (Å²) in [5.41, 5.74) is -0.429. The number of carbonyl (C=O) groups is 3. The summed E-state index contributed by atoms with van der Waals surface area (Å²) in [4.78, 5) is 37.8. The molecule has 5 nitrogen and oxygen atoms in total. The Morgan fingerprint density at radius 3 is 2.77 bits per heavy atom. The first-order chi connectivity index (χ1) is 10.4. The normalized spacial score (nSPS) is 35.3. The first kappa shape index (κ1) is 13.2. The van der Waals surface area contributed by atoms with Crippen molar-refractivity contribution in [2.75, 3.05) is 4.90 Å². The van der Waals surface area contributed by atoms with E-state index in [9.17, 15) is 19.5 Å². The van der Waals surface area contributed by atoms with Crippen LogP contribution in [0.3, 0.4) is 0 Å². The lowest BCUT2D eigenvalue weighted by Crippen LogP contribution is -2.37. The number of anilines is 1. The van der Waals surface area contributed by atoms with Gasteiger partial charge in [-0.3, -0.25) is 9.59 Å². The lowest BCUT2D eigenvalue weighted by molar-refractivity contribution is -0.255. The molecule has 1 aliphatic heterocycles. The molecular weight excluding hydrogens is 282 g/mol. The SMILES string of the molecule is C[C@@]12C(=O)N(c3cccc(C(=O)[O-])c3)C(=O)[C@@H]1[C@@H]1C=C[C@H]2C1. The molecule has 2 bridgehead atoms. The maximum atomic E-state index is 12.9. The van der Waals surface area contributed by atoms with Crippen molar-refractivity contribution in [1.29, 1.82) is 0 Å². The fourth-order valence-corrected chi connectivity index (χ4v) is 4.32. The van der Waals surface area contributed by atoms with Crippen molar-refractivity contribution in [3.8, 4) is 0 Å². The van der Waals surface area contributed by atoms with E-state index < -0.39 is 11.4 Å². The number of imide groups is 1.